The lowest BCUT2D eigenvalue weighted by Gasteiger charge is -2.18. The molecule has 0 saturated carbocycles. The van der Waals surface area contributed by atoms with Crippen LogP contribution in [0.1, 0.15) is 11.3 Å². The topological polar surface area (TPSA) is 30.3 Å². The van der Waals surface area contributed by atoms with E-state index in [-0.39, 0.29) is 0 Å². The zero-order chi connectivity index (χ0) is 18.2. The summed E-state index contributed by atoms with van der Waals surface area (Å²) in [5.41, 5.74) is 6.32. The molecule has 5 rings (SSSR count). The Hall–Kier alpha value is -2.34. The second-order valence-corrected chi connectivity index (χ2v) is 7.83. The maximum Gasteiger partial charge on any atom is 0.142 e. The van der Waals surface area contributed by atoms with Crippen molar-refractivity contribution in [2.75, 3.05) is 13.2 Å². The minimum atomic E-state index is 0.628. The van der Waals surface area contributed by atoms with Gasteiger partial charge < -0.3 is 9.30 Å². The van der Waals surface area contributed by atoms with E-state index >= 15 is 0 Å². The quantitative estimate of drug-likeness (QED) is 0.481. The standard InChI is InChI=1S/C21H18ClN3OS/c22-19-10-18(25-6-5-15-3-1-2-4-20(15)25)9-16-11-24(7-8-26-21(16)19)12-17-13-27-14-23-17/h1-6,9-10,13-14H,7-8,11-12H2. The van der Waals surface area contributed by atoms with Crippen molar-refractivity contribution in [2.45, 2.75) is 13.1 Å². The number of hydrogen-bond donors (Lipinski definition) is 0. The molecular weight excluding hydrogens is 378 g/mol. The van der Waals surface area contributed by atoms with Gasteiger partial charge in [-0.05, 0) is 29.7 Å². The van der Waals surface area contributed by atoms with Crippen molar-refractivity contribution in [1.82, 2.24) is 14.5 Å². The number of para-hydroxylation sites is 1. The molecule has 3 heterocycles. The Kier molecular flexibility index (Phi) is 4.36. The highest BCUT2D eigenvalue weighted by Crippen LogP contribution is 2.35. The highest BCUT2D eigenvalue weighted by atomic mass is 35.5. The third-order valence-corrected chi connectivity index (χ3v) is 5.82. The third-order valence-electron chi connectivity index (χ3n) is 4.90. The molecule has 0 fully saturated rings. The van der Waals surface area contributed by atoms with Crippen molar-refractivity contribution in [1.29, 1.82) is 0 Å². The van der Waals surface area contributed by atoms with E-state index in [2.05, 4.69) is 62.4 Å². The molecule has 4 aromatic rings. The predicted octanol–water partition coefficient (Wildman–Crippen LogP) is 5.14. The molecule has 136 valence electrons. The molecule has 0 bridgehead atoms. The average Bonchev–Trinajstić information content (AvgIpc) is 3.28. The van der Waals surface area contributed by atoms with E-state index in [0.717, 1.165) is 42.3 Å². The van der Waals surface area contributed by atoms with Crippen LogP contribution in [0.25, 0.3) is 16.6 Å². The molecule has 0 N–H and O–H groups in total. The van der Waals surface area contributed by atoms with Crippen LogP contribution < -0.4 is 4.74 Å². The lowest BCUT2D eigenvalue weighted by atomic mass is 10.1. The Labute approximate surface area is 166 Å². The summed E-state index contributed by atoms with van der Waals surface area (Å²) in [6, 6.07) is 14.7. The van der Waals surface area contributed by atoms with Crippen LogP contribution in [-0.4, -0.2) is 27.6 Å². The predicted molar refractivity (Wildman–Crippen MR) is 110 cm³/mol. The van der Waals surface area contributed by atoms with E-state index in [1.54, 1.807) is 11.3 Å². The first-order chi connectivity index (χ1) is 13.3. The molecule has 27 heavy (non-hydrogen) atoms. The van der Waals surface area contributed by atoms with E-state index in [1.807, 2.05) is 11.6 Å². The Balaban J connectivity index is 1.53. The summed E-state index contributed by atoms with van der Waals surface area (Å²) in [4.78, 5) is 6.77. The van der Waals surface area contributed by atoms with Gasteiger partial charge in [0.2, 0.25) is 0 Å². The molecule has 0 atom stereocenters. The number of fused-ring (bicyclic) bond motifs is 2. The molecular formula is C21H18ClN3OS. The lowest BCUT2D eigenvalue weighted by molar-refractivity contribution is 0.218. The van der Waals surface area contributed by atoms with Crippen LogP contribution in [0.2, 0.25) is 5.02 Å². The summed E-state index contributed by atoms with van der Waals surface area (Å²) in [5.74, 6) is 0.803. The number of aromatic nitrogens is 2. The van der Waals surface area contributed by atoms with Crippen molar-refractivity contribution in [3.63, 3.8) is 0 Å². The first kappa shape index (κ1) is 16.8. The van der Waals surface area contributed by atoms with Gasteiger partial charge in [-0.3, -0.25) is 4.90 Å². The lowest BCUT2D eigenvalue weighted by Crippen LogP contribution is -2.25. The highest BCUT2D eigenvalue weighted by Gasteiger charge is 2.20. The van der Waals surface area contributed by atoms with Gasteiger partial charge in [0.1, 0.15) is 12.4 Å². The Morgan fingerprint density at radius 3 is 3.00 bits per heavy atom. The van der Waals surface area contributed by atoms with Crippen LogP contribution in [0.3, 0.4) is 0 Å². The van der Waals surface area contributed by atoms with Crippen LogP contribution in [0, 0.1) is 0 Å². The normalized spacial score (nSPS) is 14.7. The first-order valence-electron chi connectivity index (χ1n) is 8.89. The molecule has 4 nitrogen and oxygen atoms in total. The first-order valence-corrected chi connectivity index (χ1v) is 10.2. The van der Waals surface area contributed by atoms with Crippen LogP contribution in [-0.2, 0) is 13.1 Å². The van der Waals surface area contributed by atoms with Gasteiger partial charge in [0.05, 0.1) is 21.7 Å². The Bertz CT molecular complexity index is 1090. The summed E-state index contributed by atoms with van der Waals surface area (Å²) in [6.07, 6.45) is 2.09. The van der Waals surface area contributed by atoms with E-state index < -0.39 is 0 Å². The molecule has 0 aliphatic carbocycles. The second-order valence-electron chi connectivity index (χ2n) is 6.70. The molecule has 1 aliphatic heterocycles. The van der Waals surface area contributed by atoms with E-state index in [0.29, 0.717) is 11.6 Å². The number of hydrogen-bond acceptors (Lipinski definition) is 4. The maximum absolute atomic E-state index is 6.61. The average molecular weight is 396 g/mol. The van der Waals surface area contributed by atoms with Gasteiger partial charge in [-0.2, -0.15) is 0 Å². The molecule has 6 heteroatoms. The summed E-state index contributed by atoms with van der Waals surface area (Å²) in [7, 11) is 0. The molecule has 0 radical (unpaired) electrons. The zero-order valence-corrected chi connectivity index (χ0v) is 16.2. The molecule has 0 unspecified atom stereocenters. The van der Waals surface area contributed by atoms with E-state index in [9.17, 15) is 0 Å². The van der Waals surface area contributed by atoms with Gasteiger partial charge in [0.15, 0.2) is 0 Å². The van der Waals surface area contributed by atoms with Gasteiger partial charge >= 0.3 is 0 Å². The minimum Gasteiger partial charge on any atom is -0.490 e. The molecule has 2 aromatic heterocycles. The van der Waals surface area contributed by atoms with E-state index in [1.165, 1.54) is 10.9 Å². The smallest absolute Gasteiger partial charge is 0.142 e. The van der Waals surface area contributed by atoms with Crippen LogP contribution in [0.5, 0.6) is 5.75 Å². The van der Waals surface area contributed by atoms with Crippen molar-refractivity contribution < 1.29 is 4.74 Å². The largest absolute Gasteiger partial charge is 0.490 e. The molecule has 0 spiro atoms. The van der Waals surface area contributed by atoms with Gasteiger partial charge in [-0.1, -0.05) is 29.8 Å². The number of benzene rings is 2. The molecule has 1 aliphatic rings. The van der Waals surface area contributed by atoms with Crippen molar-refractivity contribution in [3.8, 4) is 11.4 Å². The van der Waals surface area contributed by atoms with Crippen LogP contribution in [0.4, 0.5) is 0 Å². The maximum atomic E-state index is 6.61. The molecule has 2 aromatic carbocycles. The summed E-state index contributed by atoms with van der Waals surface area (Å²) in [5, 5.41) is 3.97. The van der Waals surface area contributed by atoms with Gasteiger partial charge in [-0.15, -0.1) is 11.3 Å². The summed E-state index contributed by atoms with van der Waals surface area (Å²) in [6.45, 7) is 3.09. The summed E-state index contributed by atoms with van der Waals surface area (Å²) < 4.78 is 8.17. The SMILES string of the molecule is Clc1cc(-n2ccc3ccccc32)cc2c1OCCN(Cc1cscn1)C2. The van der Waals surface area contributed by atoms with Crippen molar-refractivity contribution in [3.05, 3.63) is 75.8 Å². The van der Waals surface area contributed by atoms with Gasteiger partial charge in [-0.25, -0.2) is 4.98 Å². The fourth-order valence-electron chi connectivity index (χ4n) is 3.64. The Morgan fingerprint density at radius 1 is 1.19 bits per heavy atom. The Morgan fingerprint density at radius 2 is 2.11 bits per heavy atom. The highest BCUT2D eigenvalue weighted by molar-refractivity contribution is 7.07. The molecule has 0 amide bonds. The van der Waals surface area contributed by atoms with Gasteiger partial charge in [0.25, 0.3) is 0 Å². The third kappa shape index (κ3) is 3.23. The summed E-state index contributed by atoms with van der Waals surface area (Å²) >= 11 is 8.24. The number of thiazole rings is 1. The minimum absolute atomic E-state index is 0.628. The number of halogens is 1. The number of ether oxygens (including phenoxy) is 1. The van der Waals surface area contributed by atoms with Crippen LogP contribution in [0.15, 0.2) is 59.6 Å². The molecule has 0 saturated heterocycles. The van der Waals surface area contributed by atoms with Gasteiger partial charge in [0, 0.05) is 42.5 Å². The van der Waals surface area contributed by atoms with Crippen molar-refractivity contribution >= 4 is 33.8 Å². The van der Waals surface area contributed by atoms with E-state index in [4.69, 9.17) is 16.3 Å². The zero-order valence-electron chi connectivity index (χ0n) is 14.6. The second kappa shape index (κ2) is 7.00. The monoisotopic (exact) mass is 395 g/mol. The number of rotatable bonds is 3. The fourth-order valence-corrected chi connectivity index (χ4v) is 4.47. The fraction of sp³-hybridized carbons (Fsp3) is 0.190. The number of nitrogens with zero attached hydrogens (tertiary/aromatic N) is 3. The van der Waals surface area contributed by atoms with Crippen LogP contribution >= 0.6 is 22.9 Å². The van der Waals surface area contributed by atoms with Crippen molar-refractivity contribution in [2.24, 2.45) is 0 Å².